The van der Waals surface area contributed by atoms with Crippen LogP contribution in [0.3, 0.4) is 0 Å². The van der Waals surface area contributed by atoms with E-state index in [1.807, 2.05) is 44.2 Å². The first-order valence-corrected chi connectivity index (χ1v) is 8.49. The molecule has 6 heteroatoms. The Labute approximate surface area is 126 Å². The predicted octanol–water partition coefficient (Wildman–Crippen LogP) is 2.57. The fraction of sp³-hybridized carbons (Fsp3) is 0.400. The van der Waals surface area contributed by atoms with Crippen molar-refractivity contribution < 1.29 is 8.42 Å². The zero-order valence-electron chi connectivity index (χ0n) is 12.8. The number of aromatic nitrogens is 2. The smallest absolute Gasteiger partial charge is 0.236 e. The highest BCUT2D eigenvalue weighted by atomic mass is 32.2. The van der Waals surface area contributed by atoms with E-state index in [-0.39, 0.29) is 10.9 Å². The molecule has 0 saturated carbocycles. The van der Waals surface area contributed by atoms with Gasteiger partial charge in [-0.25, -0.2) is 17.8 Å². The molecule has 0 aliphatic rings. The fourth-order valence-corrected chi connectivity index (χ4v) is 3.96. The second kappa shape index (κ2) is 5.99. The van der Waals surface area contributed by atoms with Crippen molar-refractivity contribution in [3.63, 3.8) is 0 Å². The lowest BCUT2D eigenvalue weighted by Gasteiger charge is -2.12. The van der Waals surface area contributed by atoms with Crippen LogP contribution in [-0.4, -0.2) is 24.2 Å². The van der Waals surface area contributed by atoms with E-state index in [4.69, 9.17) is 0 Å². The van der Waals surface area contributed by atoms with Crippen molar-refractivity contribution in [3.8, 4) is 5.69 Å². The van der Waals surface area contributed by atoms with Gasteiger partial charge in [-0.15, -0.1) is 0 Å². The molecule has 0 amide bonds. The molecule has 1 unspecified atom stereocenters. The van der Waals surface area contributed by atoms with E-state index in [1.165, 1.54) is 0 Å². The molecule has 0 aliphatic heterocycles. The Morgan fingerprint density at radius 1 is 1.24 bits per heavy atom. The molecule has 0 fully saturated rings. The quantitative estimate of drug-likeness (QED) is 0.923. The van der Waals surface area contributed by atoms with Gasteiger partial charge in [-0.2, -0.15) is 5.10 Å². The summed E-state index contributed by atoms with van der Waals surface area (Å²) in [5, 5.41) is 4.38. The summed E-state index contributed by atoms with van der Waals surface area (Å²) < 4.78 is 29.4. The molecule has 1 aromatic heterocycles. The maximum atomic E-state index is 12.5. The van der Waals surface area contributed by atoms with Gasteiger partial charge in [0.15, 0.2) is 0 Å². The van der Waals surface area contributed by atoms with Crippen molar-refractivity contribution in [3.05, 3.63) is 41.7 Å². The van der Waals surface area contributed by atoms with Gasteiger partial charge in [-0.05, 0) is 39.3 Å². The second-order valence-corrected chi connectivity index (χ2v) is 6.83. The van der Waals surface area contributed by atoms with Gasteiger partial charge in [0, 0.05) is 6.04 Å². The number of benzene rings is 1. The van der Waals surface area contributed by atoms with Crippen LogP contribution in [0.25, 0.3) is 5.69 Å². The van der Waals surface area contributed by atoms with Crippen molar-refractivity contribution >= 4 is 10.0 Å². The minimum atomic E-state index is -3.55. The van der Waals surface area contributed by atoms with Gasteiger partial charge in [0.05, 0.1) is 17.1 Å². The van der Waals surface area contributed by atoms with E-state index in [0.29, 0.717) is 11.4 Å². The van der Waals surface area contributed by atoms with Crippen LogP contribution in [0.4, 0.5) is 0 Å². The molecule has 21 heavy (non-hydrogen) atoms. The summed E-state index contributed by atoms with van der Waals surface area (Å²) in [6.07, 6.45) is 0.740. The lowest BCUT2D eigenvalue weighted by Crippen LogP contribution is -2.32. The maximum Gasteiger partial charge on any atom is 0.244 e. The number of nitrogens with one attached hydrogen (secondary N) is 1. The molecule has 0 radical (unpaired) electrons. The van der Waals surface area contributed by atoms with Gasteiger partial charge < -0.3 is 0 Å². The molecule has 5 nitrogen and oxygen atoms in total. The first-order valence-electron chi connectivity index (χ1n) is 7.00. The van der Waals surface area contributed by atoms with Crippen LogP contribution in [0.1, 0.15) is 31.7 Å². The highest BCUT2D eigenvalue weighted by Gasteiger charge is 2.26. The van der Waals surface area contributed by atoms with Crippen LogP contribution >= 0.6 is 0 Å². The normalized spacial score (nSPS) is 13.3. The minimum Gasteiger partial charge on any atom is -0.236 e. The molecule has 2 aromatic rings. The zero-order chi connectivity index (χ0) is 15.6. The van der Waals surface area contributed by atoms with Crippen molar-refractivity contribution in [1.29, 1.82) is 0 Å². The van der Waals surface area contributed by atoms with E-state index in [0.717, 1.165) is 12.1 Å². The highest BCUT2D eigenvalue weighted by molar-refractivity contribution is 7.89. The summed E-state index contributed by atoms with van der Waals surface area (Å²) in [4.78, 5) is 0.270. The number of rotatable bonds is 5. The van der Waals surface area contributed by atoms with Crippen molar-refractivity contribution in [1.82, 2.24) is 14.5 Å². The zero-order valence-corrected chi connectivity index (χ0v) is 13.6. The minimum absolute atomic E-state index is 0.103. The lowest BCUT2D eigenvalue weighted by atomic mass is 10.3. The van der Waals surface area contributed by atoms with Gasteiger partial charge in [-0.1, -0.05) is 25.1 Å². The Bertz CT molecular complexity index is 721. The van der Waals surface area contributed by atoms with Crippen LogP contribution in [0.5, 0.6) is 0 Å². The first-order chi connectivity index (χ1) is 9.86. The summed E-state index contributed by atoms with van der Waals surface area (Å²) in [5.74, 6) is 0. The van der Waals surface area contributed by atoms with Crippen LogP contribution < -0.4 is 4.72 Å². The van der Waals surface area contributed by atoms with Gasteiger partial charge in [-0.3, -0.25) is 0 Å². The Hall–Kier alpha value is -1.66. The third-order valence-corrected chi connectivity index (χ3v) is 5.30. The molecule has 1 heterocycles. The predicted molar refractivity (Wildman–Crippen MR) is 83.1 cm³/mol. The van der Waals surface area contributed by atoms with E-state index in [1.54, 1.807) is 18.5 Å². The molecule has 0 spiro atoms. The topological polar surface area (TPSA) is 64.0 Å². The molecule has 2 rings (SSSR count). The monoisotopic (exact) mass is 307 g/mol. The number of hydrogen-bond acceptors (Lipinski definition) is 3. The Morgan fingerprint density at radius 3 is 2.43 bits per heavy atom. The molecule has 1 atom stereocenters. The van der Waals surface area contributed by atoms with Crippen molar-refractivity contribution in [2.45, 2.75) is 45.1 Å². The molecule has 114 valence electrons. The number of aryl methyl sites for hydroxylation is 1. The first kappa shape index (κ1) is 15.7. The standard InChI is InChI=1S/C15H21N3O2S/c1-5-11(2)17-21(19,20)15-12(3)16-18(13(15)4)14-9-7-6-8-10-14/h6-11,17H,5H2,1-4H3. The second-order valence-electron chi connectivity index (χ2n) is 5.18. The lowest BCUT2D eigenvalue weighted by molar-refractivity contribution is 0.554. The van der Waals surface area contributed by atoms with E-state index >= 15 is 0 Å². The van der Waals surface area contributed by atoms with E-state index in [9.17, 15) is 8.42 Å². The van der Waals surface area contributed by atoms with Crippen molar-refractivity contribution in [2.75, 3.05) is 0 Å². The average molecular weight is 307 g/mol. The fourth-order valence-electron chi connectivity index (χ4n) is 2.25. The third-order valence-electron chi connectivity index (χ3n) is 3.46. The van der Waals surface area contributed by atoms with Crippen LogP contribution in [0, 0.1) is 13.8 Å². The van der Waals surface area contributed by atoms with Crippen molar-refractivity contribution in [2.24, 2.45) is 0 Å². The maximum absolute atomic E-state index is 12.5. The number of hydrogen-bond donors (Lipinski definition) is 1. The SMILES string of the molecule is CCC(C)NS(=O)(=O)c1c(C)nn(-c2ccccc2)c1C. The summed E-state index contributed by atoms with van der Waals surface area (Å²) in [6, 6.07) is 9.41. The molecule has 1 N–H and O–H groups in total. The number of para-hydroxylation sites is 1. The van der Waals surface area contributed by atoms with Crippen LogP contribution in [0.15, 0.2) is 35.2 Å². The average Bonchev–Trinajstić information content (AvgIpc) is 2.75. The van der Waals surface area contributed by atoms with Gasteiger partial charge in [0.2, 0.25) is 10.0 Å². The van der Waals surface area contributed by atoms with Gasteiger partial charge in [0.1, 0.15) is 4.90 Å². The Kier molecular flexibility index (Phi) is 4.49. The molecule has 0 bridgehead atoms. The van der Waals surface area contributed by atoms with Crippen LogP contribution in [0.2, 0.25) is 0 Å². The largest absolute Gasteiger partial charge is 0.244 e. The molecular formula is C15H21N3O2S. The van der Waals surface area contributed by atoms with Gasteiger partial charge >= 0.3 is 0 Å². The molecule has 0 aliphatic carbocycles. The Morgan fingerprint density at radius 2 is 1.86 bits per heavy atom. The van der Waals surface area contributed by atoms with E-state index < -0.39 is 10.0 Å². The molecule has 0 saturated heterocycles. The Balaban J connectivity index is 2.50. The molecule has 1 aromatic carbocycles. The summed E-state index contributed by atoms with van der Waals surface area (Å²) >= 11 is 0. The summed E-state index contributed by atoms with van der Waals surface area (Å²) in [7, 11) is -3.55. The summed E-state index contributed by atoms with van der Waals surface area (Å²) in [5.41, 5.74) is 1.98. The van der Waals surface area contributed by atoms with Crippen LogP contribution in [-0.2, 0) is 10.0 Å². The van der Waals surface area contributed by atoms with E-state index in [2.05, 4.69) is 9.82 Å². The highest BCUT2D eigenvalue weighted by Crippen LogP contribution is 2.22. The third kappa shape index (κ3) is 3.16. The summed E-state index contributed by atoms with van der Waals surface area (Å²) in [6.45, 7) is 7.29. The number of sulfonamides is 1. The number of nitrogens with zero attached hydrogens (tertiary/aromatic N) is 2. The van der Waals surface area contributed by atoms with Gasteiger partial charge in [0.25, 0.3) is 0 Å². The molecular weight excluding hydrogens is 286 g/mol.